The second-order valence-electron chi connectivity index (χ2n) is 7.77. The molecule has 0 bridgehead atoms. The fraction of sp³-hybridized carbons (Fsp3) is 0.550. The first-order chi connectivity index (χ1) is 14.4. The monoisotopic (exact) mass is 432 g/mol. The molecule has 1 aliphatic rings. The van der Waals surface area contributed by atoms with Crippen molar-refractivity contribution in [2.45, 2.75) is 31.7 Å². The summed E-state index contributed by atoms with van der Waals surface area (Å²) in [4.78, 5) is 33.2. The maximum absolute atomic E-state index is 12.9. The highest BCUT2D eigenvalue weighted by Gasteiger charge is 2.31. The van der Waals surface area contributed by atoms with Crippen molar-refractivity contribution in [1.82, 2.24) is 29.5 Å². The van der Waals surface area contributed by atoms with Gasteiger partial charge in [-0.05, 0) is 17.5 Å². The fourth-order valence-electron chi connectivity index (χ4n) is 3.21. The van der Waals surface area contributed by atoms with Crippen LogP contribution >= 0.6 is 11.8 Å². The van der Waals surface area contributed by atoms with E-state index in [1.54, 1.807) is 28.2 Å². The molecule has 162 valence electrons. The van der Waals surface area contributed by atoms with E-state index in [0.29, 0.717) is 37.3 Å². The van der Waals surface area contributed by atoms with Crippen molar-refractivity contribution in [3.05, 3.63) is 36.4 Å². The molecule has 0 saturated carbocycles. The summed E-state index contributed by atoms with van der Waals surface area (Å²) in [7, 11) is 1.83. The van der Waals surface area contributed by atoms with E-state index in [1.165, 1.54) is 11.8 Å². The van der Waals surface area contributed by atoms with E-state index < -0.39 is 0 Å². The average molecular weight is 433 g/mol. The van der Waals surface area contributed by atoms with E-state index >= 15 is 0 Å². The molecule has 0 aliphatic carbocycles. The summed E-state index contributed by atoms with van der Waals surface area (Å²) in [5.74, 6) is 0.367. The lowest BCUT2D eigenvalue weighted by atomic mass is 10.2. The van der Waals surface area contributed by atoms with Gasteiger partial charge >= 0.3 is 0 Å². The Kier molecular flexibility index (Phi) is 7.81. The molecule has 30 heavy (non-hydrogen) atoms. The number of hydrogen-bond acceptors (Lipinski definition) is 7. The summed E-state index contributed by atoms with van der Waals surface area (Å²) in [6.45, 7) is 6.08. The average Bonchev–Trinajstić information content (AvgIpc) is 3.06. The van der Waals surface area contributed by atoms with E-state index in [2.05, 4.69) is 29.0 Å². The van der Waals surface area contributed by atoms with Gasteiger partial charge in [0, 0.05) is 39.1 Å². The molecular formula is C20H28N6O3S. The first-order valence-corrected chi connectivity index (χ1v) is 10.9. The summed E-state index contributed by atoms with van der Waals surface area (Å²) in [5.41, 5.74) is 0.958. The molecule has 1 atom stereocenters. The van der Waals surface area contributed by atoms with Crippen LogP contribution in [0.25, 0.3) is 0 Å². The number of ether oxygens (including phenoxy) is 1. The topological polar surface area (TPSA) is 93.4 Å². The summed E-state index contributed by atoms with van der Waals surface area (Å²) < 4.78 is 7.86. The van der Waals surface area contributed by atoms with Crippen LogP contribution in [0.2, 0.25) is 0 Å². The number of thioether (sulfide) groups is 1. The number of nitrogens with zero attached hydrogens (tertiary/aromatic N) is 6. The van der Waals surface area contributed by atoms with Crippen LogP contribution in [-0.4, -0.2) is 79.4 Å². The van der Waals surface area contributed by atoms with Crippen molar-refractivity contribution >= 4 is 23.6 Å². The third kappa shape index (κ3) is 6.27. The second-order valence-corrected chi connectivity index (χ2v) is 8.72. The molecule has 0 unspecified atom stereocenters. The fourth-order valence-corrected chi connectivity index (χ4v) is 4.00. The number of rotatable bonds is 8. The molecule has 2 aromatic heterocycles. The molecule has 0 N–H and O–H groups in total. The van der Waals surface area contributed by atoms with Gasteiger partial charge < -0.3 is 19.1 Å². The minimum atomic E-state index is -0.265. The third-order valence-corrected chi connectivity index (χ3v) is 5.69. The minimum absolute atomic E-state index is 0.0480. The van der Waals surface area contributed by atoms with Gasteiger partial charge in [0.2, 0.25) is 11.8 Å². The summed E-state index contributed by atoms with van der Waals surface area (Å²) >= 11 is 1.31. The van der Waals surface area contributed by atoms with Gasteiger partial charge in [-0.2, -0.15) is 0 Å². The van der Waals surface area contributed by atoms with Crippen LogP contribution in [0.15, 0.2) is 36.0 Å². The summed E-state index contributed by atoms with van der Waals surface area (Å²) in [6, 6.07) is 3.81. The van der Waals surface area contributed by atoms with Gasteiger partial charge in [0.15, 0.2) is 5.16 Å². The molecule has 3 heterocycles. The molecule has 1 saturated heterocycles. The van der Waals surface area contributed by atoms with Crippen molar-refractivity contribution in [2.75, 3.05) is 31.9 Å². The summed E-state index contributed by atoms with van der Waals surface area (Å²) in [5, 5.41) is 8.47. The normalized spacial score (nSPS) is 17.5. The Balaban J connectivity index is 1.66. The van der Waals surface area contributed by atoms with E-state index in [-0.39, 0.29) is 30.2 Å². The third-order valence-electron chi connectivity index (χ3n) is 4.67. The zero-order valence-corrected chi connectivity index (χ0v) is 18.4. The standard InChI is InChI=1S/C20H28N6O3S/c1-15(2)8-25-9-17(29-12-16-5-4-6-21-7-16)10-26(11-18(25)27)19(28)13-30-20-23-22-14-24(20)3/h4-7,14-15,17H,8-13H2,1-3H3/t17-/m1/s1. The first kappa shape index (κ1) is 22.2. The van der Waals surface area contributed by atoms with Gasteiger partial charge in [-0.3, -0.25) is 14.6 Å². The molecule has 10 heteroatoms. The van der Waals surface area contributed by atoms with Crippen LogP contribution in [0.5, 0.6) is 0 Å². The van der Waals surface area contributed by atoms with Gasteiger partial charge in [0.05, 0.1) is 25.0 Å². The molecule has 1 fully saturated rings. The van der Waals surface area contributed by atoms with Crippen molar-refractivity contribution in [3.8, 4) is 0 Å². The Morgan fingerprint density at radius 1 is 1.37 bits per heavy atom. The highest BCUT2D eigenvalue weighted by molar-refractivity contribution is 7.99. The van der Waals surface area contributed by atoms with Crippen LogP contribution in [0.1, 0.15) is 19.4 Å². The highest BCUT2D eigenvalue weighted by atomic mass is 32.2. The predicted molar refractivity (Wildman–Crippen MR) is 113 cm³/mol. The number of pyridine rings is 1. The highest BCUT2D eigenvalue weighted by Crippen LogP contribution is 2.17. The number of aromatic nitrogens is 4. The maximum Gasteiger partial charge on any atom is 0.242 e. The lowest BCUT2D eigenvalue weighted by molar-refractivity contribution is -0.137. The Hall–Kier alpha value is -2.46. The Morgan fingerprint density at radius 3 is 2.87 bits per heavy atom. The lowest BCUT2D eigenvalue weighted by Gasteiger charge is -2.26. The molecule has 9 nitrogen and oxygen atoms in total. The van der Waals surface area contributed by atoms with Gasteiger partial charge in [-0.1, -0.05) is 31.7 Å². The zero-order valence-electron chi connectivity index (χ0n) is 17.6. The first-order valence-electron chi connectivity index (χ1n) is 9.95. The van der Waals surface area contributed by atoms with E-state index in [4.69, 9.17) is 4.74 Å². The Labute approximate surface area is 180 Å². The van der Waals surface area contributed by atoms with Crippen LogP contribution < -0.4 is 0 Å². The molecule has 1 aliphatic heterocycles. The molecule has 2 aromatic rings. The van der Waals surface area contributed by atoms with Crippen molar-refractivity contribution in [2.24, 2.45) is 13.0 Å². The van der Waals surface area contributed by atoms with Gasteiger partial charge in [-0.25, -0.2) is 0 Å². The van der Waals surface area contributed by atoms with Crippen molar-refractivity contribution < 1.29 is 14.3 Å². The smallest absolute Gasteiger partial charge is 0.242 e. The quantitative estimate of drug-likeness (QED) is 0.579. The molecular weight excluding hydrogens is 404 g/mol. The van der Waals surface area contributed by atoms with Crippen LogP contribution in [0, 0.1) is 5.92 Å². The van der Waals surface area contributed by atoms with Gasteiger partial charge in [0.25, 0.3) is 0 Å². The van der Waals surface area contributed by atoms with Gasteiger partial charge in [0.1, 0.15) is 6.33 Å². The van der Waals surface area contributed by atoms with Gasteiger partial charge in [-0.15, -0.1) is 10.2 Å². The van der Waals surface area contributed by atoms with E-state index in [9.17, 15) is 9.59 Å². The maximum atomic E-state index is 12.9. The largest absolute Gasteiger partial charge is 0.370 e. The zero-order chi connectivity index (χ0) is 21.5. The predicted octanol–water partition coefficient (Wildman–Crippen LogP) is 1.21. The van der Waals surface area contributed by atoms with Crippen LogP contribution in [0.3, 0.4) is 0 Å². The number of amides is 2. The van der Waals surface area contributed by atoms with Crippen LogP contribution in [-0.2, 0) is 28.0 Å². The number of aryl methyl sites for hydroxylation is 1. The number of hydrogen-bond donors (Lipinski definition) is 0. The number of carbonyl (C=O) groups excluding carboxylic acids is 2. The second kappa shape index (κ2) is 10.5. The van der Waals surface area contributed by atoms with Crippen LogP contribution in [0.4, 0.5) is 0 Å². The number of carbonyl (C=O) groups is 2. The minimum Gasteiger partial charge on any atom is -0.370 e. The van der Waals surface area contributed by atoms with Crippen molar-refractivity contribution in [1.29, 1.82) is 0 Å². The molecule has 0 spiro atoms. The summed E-state index contributed by atoms with van der Waals surface area (Å²) in [6.07, 6.45) is 4.80. The van der Waals surface area contributed by atoms with E-state index in [1.807, 2.05) is 24.1 Å². The Morgan fingerprint density at radius 2 is 2.20 bits per heavy atom. The van der Waals surface area contributed by atoms with E-state index in [0.717, 1.165) is 5.56 Å². The molecule has 3 rings (SSSR count). The SMILES string of the molecule is CC(C)CN1C[C@@H](OCc2cccnc2)CN(C(=O)CSc2nncn2C)CC1=O. The van der Waals surface area contributed by atoms with Crippen molar-refractivity contribution in [3.63, 3.8) is 0 Å². The lowest BCUT2D eigenvalue weighted by Crippen LogP contribution is -2.41. The molecule has 2 amide bonds. The molecule has 0 aromatic carbocycles. The molecule has 0 radical (unpaired) electrons. The Bertz CT molecular complexity index is 844.